The molecule has 4 aromatic heterocycles. The van der Waals surface area contributed by atoms with Crippen LogP contribution in [0.25, 0.3) is 74.7 Å². The molecule has 0 bridgehead atoms. The van der Waals surface area contributed by atoms with Crippen LogP contribution in [0.5, 0.6) is 11.5 Å². The van der Waals surface area contributed by atoms with Gasteiger partial charge in [-0.3, -0.25) is 8.80 Å². The van der Waals surface area contributed by atoms with Crippen molar-refractivity contribution in [3.63, 3.8) is 0 Å². The number of thiazole rings is 2. The number of hydrogen-bond donors (Lipinski definition) is 0. The molecule has 3 aliphatic rings. The summed E-state index contributed by atoms with van der Waals surface area (Å²) >= 11 is 3.55. The maximum atomic E-state index is 7.20. The topological polar surface area (TPSA) is 43.8 Å². The first kappa shape index (κ1) is 33.5. The summed E-state index contributed by atoms with van der Waals surface area (Å²) in [6.07, 6.45) is 9.96. The lowest BCUT2D eigenvalue weighted by atomic mass is 9.72. The minimum absolute atomic E-state index is 0.313. The zero-order valence-corrected chi connectivity index (χ0v) is 34.4. The van der Waals surface area contributed by atoms with E-state index in [0.717, 1.165) is 32.5 Å². The second-order valence-corrected chi connectivity index (χ2v) is 19.5. The van der Waals surface area contributed by atoms with Gasteiger partial charge in [-0.1, -0.05) is 111 Å². The molecule has 2 saturated carbocycles. The lowest BCUT2D eigenvalue weighted by Crippen LogP contribution is -2.25. The van der Waals surface area contributed by atoms with Crippen molar-refractivity contribution in [2.24, 2.45) is 0 Å². The number of ether oxygens (including phenoxy) is 1. The first-order valence-electron chi connectivity index (χ1n) is 21.1. The highest BCUT2D eigenvalue weighted by Gasteiger charge is 2.38. The Hall–Kier alpha value is -5.50. The number of benzene rings is 6. The quantitative estimate of drug-likeness (QED) is 0.178. The van der Waals surface area contributed by atoms with Crippen LogP contribution in [-0.4, -0.2) is 18.8 Å². The average Bonchev–Trinajstić information content (AvgIpc) is 4.10. The predicted molar refractivity (Wildman–Crippen MR) is 242 cm³/mol. The molecule has 7 heteroatoms. The van der Waals surface area contributed by atoms with E-state index >= 15 is 0 Å². The lowest BCUT2D eigenvalue weighted by Gasteiger charge is -2.37. The Morgan fingerprint density at radius 1 is 0.517 bits per heavy atom. The van der Waals surface area contributed by atoms with Gasteiger partial charge in [0, 0.05) is 27.7 Å². The fraction of sp³-hybridized carbons (Fsp3) is 0.255. The summed E-state index contributed by atoms with van der Waals surface area (Å²) < 4.78 is 14.4. The normalized spacial score (nSPS) is 17.1. The molecule has 2 fully saturated rings. The number of imidazole rings is 2. The van der Waals surface area contributed by atoms with Crippen molar-refractivity contribution in [1.82, 2.24) is 18.8 Å². The van der Waals surface area contributed by atoms with Crippen molar-refractivity contribution >= 4 is 75.1 Å². The van der Waals surface area contributed by atoms with E-state index in [-0.39, 0.29) is 5.41 Å². The van der Waals surface area contributed by atoms with Crippen LogP contribution in [0.1, 0.15) is 99.3 Å². The average molecular weight is 791 g/mol. The molecule has 284 valence electrons. The van der Waals surface area contributed by atoms with Gasteiger partial charge < -0.3 is 4.74 Å². The van der Waals surface area contributed by atoms with Crippen molar-refractivity contribution in [1.29, 1.82) is 0 Å². The molecular formula is C51H42N4OS2. The van der Waals surface area contributed by atoms with Crippen LogP contribution in [0.15, 0.2) is 109 Å². The third-order valence-electron chi connectivity index (χ3n) is 14.0. The van der Waals surface area contributed by atoms with Gasteiger partial charge in [-0.2, -0.15) is 0 Å². The molecule has 0 saturated heterocycles. The molecule has 0 atom stereocenters. The summed E-state index contributed by atoms with van der Waals surface area (Å²) in [5.41, 5.74) is 17.0. The molecule has 0 amide bonds. The molecule has 5 heterocycles. The third-order valence-corrected chi connectivity index (χ3v) is 16.0. The zero-order chi connectivity index (χ0) is 38.3. The Labute approximate surface area is 344 Å². The van der Waals surface area contributed by atoms with Gasteiger partial charge in [0.2, 0.25) is 0 Å². The number of fused-ring (bicyclic) bond motifs is 12. The predicted octanol–water partition coefficient (Wildman–Crippen LogP) is 14.8. The molecule has 0 spiro atoms. The highest BCUT2D eigenvalue weighted by Crippen LogP contribution is 2.55. The van der Waals surface area contributed by atoms with Gasteiger partial charge in [-0.15, -0.1) is 0 Å². The van der Waals surface area contributed by atoms with Crippen molar-refractivity contribution in [3.8, 4) is 33.8 Å². The minimum atomic E-state index is -0.313. The first-order valence-corrected chi connectivity index (χ1v) is 22.8. The maximum Gasteiger partial charge on any atom is 0.195 e. The summed E-state index contributed by atoms with van der Waals surface area (Å²) in [7, 11) is 0. The van der Waals surface area contributed by atoms with Crippen molar-refractivity contribution in [2.75, 3.05) is 0 Å². The Morgan fingerprint density at radius 3 is 1.41 bits per heavy atom. The molecule has 0 N–H and O–H groups in total. The fourth-order valence-corrected chi connectivity index (χ4v) is 13.1. The van der Waals surface area contributed by atoms with Crippen LogP contribution in [0.3, 0.4) is 0 Å². The van der Waals surface area contributed by atoms with E-state index in [9.17, 15) is 0 Å². The number of para-hydroxylation sites is 4. The van der Waals surface area contributed by atoms with Gasteiger partial charge in [0.1, 0.15) is 11.5 Å². The second kappa shape index (κ2) is 12.3. The maximum absolute atomic E-state index is 7.20. The zero-order valence-electron chi connectivity index (χ0n) is 32.7. The number of aromatic nitrogens is 4. The van der Waals surface area contributed by atoms with Gasteiger partial charge in [0.05, 0.1) is 42.5 Å². The van der Waals surface area contributed by atoms with E-state index in [1.165, 1.54) is 127 Å². The monoisotopic (exact) mass is 790 g/mol. The highest BCUT2D eigenvalue weighted by atomic mass is 32.1. The Bertz CT molecular complexity index is 3110. The summed E-state index contributed by atoms with van der Waals surface area (Å²) in [6.45, 7) is 4.81. The molecule has 0 radical (unpaired) electrons. The summed E-state index contributed by atoms with van der Waals surface area (Å²) in [5.74, 6) is 3.04. The van der Waals surface area contributed by atoms with Crippen LogP contribution in [0, 0.1) is 0 Å². The molecule has 1 aliphatic heterocycles. The Kier molecular flexibility index (Phi) is 7.08. The molecular weight excluding hydrogens is 749 g/mol. The molecule has 5 nitrogen and oxygen atoms in total. The molecule has 58 heavy (non-hydrogen) atoms. The highest BCUT2D eigenvalue weighted by molar-refractivity contribution is 7.24. The van der Waals surface area contributed by atoms with E-state index in [4.69, 9.17) is 14.7 Å². The standard InChI is InChI=1S/C51H42N4OS2/c1-51(2)37-25-35(31-17-11-21-41-47(31)52-49-54(41)39-19-7-9-23-45(39)57-49)33(29-13-3-4-14-29)27-43(37)56-44-28-34(30-15-5-6-16-30)36(26-38(44)51)32-18-12-22-42-48(32)53-50-55(42)40-20-8-10-24-46(40)58-50/h7-12,17-30H,3-6,13-16H2,1-2H3. The van der Waals surface area contributed by atoms with E-state index in [1.54, 1.807) is 22.7 Å². The SMILES string of the molecule is CC1(C)c2cc(-c3cccc4c3nc3sc5ccccc5n34)c(C3CCCC3)cc2Oc2cc(C3CCCC3)c(-c3cccc4c3nc3sc5ccccc5n34)cc21. The molecule has 2 aliphatic carbocycles. The van der Waals surface area contributed by atoms with Crippen LogP contribution >= 0.6 is 22.7 Å². The van der Waals surface area contributed by atoms with Gasteiger partial charge in [-0.25, -0.2) is 9.97 Å². The van der Waals surface area contributed by atoms with Crippen molar-refractivity contribution < 1.29 is 4.74 Å². The smallest absolute Gasteiger partial charge is 0.195 e. The fourth-order valence-electron chi connectivity index (χ4n) is 11.1. The van der Waals surface area contributed by atoms with Crippen molar-refractivity contribution in [3.05, 3.63) is 131 Å². The number of nitrogens with zero attached hydrogens (tertiary/aromatic N) is 4. The van der Waals surface area contributed by atoms with Crippen molar-refractivity contribution in [2.45, 2.75) is 82.5 Å². The second-order valence-electron chi connectivity index (χ2n) is 17.5. The summed E-state index contributed by atoms with van der Waals surface area (Å²) in [4.78, 5) is 12.8. The van der Waals surface area contributed by atoms with Crippen LogP contribution in [0.4, 0.5) is 0 Å². The van der Waals surface area contributed by atoms with E-state index < -0.39 is 0 Å². The van der Waals surface area contributed by atoms with Crippen LogP contribution in [0.2, 0.25) is 0 Å². The van der Waals surface area contributed by atoms with E-state index in [2.05, 4.69) is 132 Å². The number of hydrogen-bond acceptors (Lipinski definition) is 5. The van der Waals surface area contributed by atoms with Gasteiger partial charge in [-0.05, 0) is 120 Å². The third kappa shape index (κ3) is 4.69. The van der Waals surface area contributed by atoms with Gasteiger partial charge in [0.15, 0.2) is 9.92 Å². The first-order chi connectivity index (χ1) is 28.5. The molecule has 10 aromatic rings. The van der Waals surface area contributed by atoms with E-state index in [1.807, 2.05) is 0 Å². The number of rotatable bonds is 4. The minimum Gasteiger partial charge on any atom is -0.457 e. The van der Waals surface area contributed by atoms with Crippen LogP contribution in [-0.2, 0) is 5.41 Å². The Morgan fingerprint density at radius 2 is 0.948 bits per heavy atom. The van der Waals surface area contributed by atoms with Crippen LogP contribution < -0.4 is 4.74 Å². The van der Waals surface area contributed by atoms with Gasteiger partial charge in [0.25, 0.3) is 0 Å². The largest absolute Gasteiger partial charge is 0.457 e. The summed E-state index contributed by atoms with van der Waals surface area (Å²) in [5, 5.41) is 0. The molecule has 13 rings (SSSR count). The van der Waals surface area contributed by atoms with E-state index in [0.29, 0.717) is 11.8 Å². The summed E-state index contributed by atoms with van der Waals surface area (Å²) in [6, 6.07) is 40.8. The lowest BCUT2D eigenvalue weighted by molar-refractivity contribution is 0.416. The molecule has 0 unspecified atom stereocenters. The molecule has 6 aromatic carbocycles. The van der Waals surface area contributed by atoms with Gasteiger partial charge >= 0.3 is 0 Å². The Balaban J connectivity index is 1.02.